The van der Waals surface area contributed by atoms with Crippen molar-refractivity contribution < 1.29 is 13.8 Å². The molecule has 0 amide bonds. The second-order valence-electron chi connectivity index (χ2n) is 7.57. The van der Waals surface area contributed by atoms with Gasteiger partial charge in [0.25, 0.3) is 0 Å². The van der Waals surface area contributed by atoms with E-state index in [0.717, 1.165) is 25.2 Å². The highest BCUT2D eigenvalue weighted by Crippen LogP contribution is 2.61. The van der Waals surface area contributed by atoms with Gasteiger partial charge in [0.05, 0.1) is 5.69 Å². The van der Waals surface area contributed by atoms with Crippen LogP contribution in [0.2, 0.25) is 0 Å². The first-order valence-corrected chi connectivity index (χ1v) is 11.7. The van der Waals surface area contributed by atoms with Crippen LogP contribution in [0.15, 0.2) is 84.9 Å². The summed E-state index contributed by atoms with van der Waals surface area (Å²) >= 11 is 0. The van der Waals surface area contributed by atoms with E-state index in [9.17, 15) is 9.11 Å². The first kappa shape index (κ1) is 20.8. The molecule has 30 heavy (non-hydrogen) atoms. The molecule has 1 atom stereocenters. The summed E-state index contributed by atoms with van der Waals surface area (Å²) in [7, 11) is -1.11. The van der Waals surface area contributed by atoms with E-state index in [0.29, 0.717) is 17.9 Å². The van der Waals surface area contributed by atoms with Crippen LogP contribution in [-0.4, -0.2) is 33.0 Å². The standard InChI is InChI=1S/C24H28N2O3S/c1-25(19-20-11-4-2-5-12-20)18-10-17-24-29-23-16-9-8-15-22(23)26(30(24,27)28)21-13-6-3-7-14-21/h2-9,11-16,24,27-28H,10,17-19H2,1H3. The van der Waals surface area contributed by atoms with Crippen molar-refractivity contribution in [2.75, 3.05) is 17.9 Å². The monoisotopic (exact) mass is 424 g/mol. The van der Waals surface area contributed by atoms with Crippen molar-refractivity contribution in [1.82, 2.24) is 4.90 Å². The van der Waals surface area contributed by atoms with Crippen LogP contribution in [0.4, 0.5) is 11.4 Å². The topological polar surface area (TPSA) is 56.2 Å². The molecule has 0 radical (unpaired) electrons. The smallest absolute Gasteiger partial charge is 0.206 e. The van der Waals surface area contributed by atoms with Crippen LogP contribution < -0.4 is 9.04 Å². The highest BCUT2D eigenvalue weighted by atomic mass is 32.3. The van der Waals surface area contributed by atoms with E-state index < -0.39 is 16.2 Å². The molecule has 0 aliphatic carbocycles. The summed E-state index contributed by atoms with van der Waals surface area (Å²) < 4.78 is 30.2. The molecule has 158 valence electrons. The Morgan fingerprint density at radius 3 is 2.27 bits per heavy atom. The Morgan fingerprint density at radius 1 is 0.900 bits per heavy atom. The quantitative estimate of drug-likeness (QED) is 0.478. The third-order valence-electron chi connectivity index (χ3n) is 5.23. The molecule has 1 aliphatic rings. The molecule has 0 spiro atoms. The molecule has 0 saturated heterocycles. The lowest BCUT2D eigenvalue weighted by Gasteiger charge is -2.51. The average molecular weight is 425 g/mol. The molecular formula is C24H28N2O3S. The maximum Gasteiger partial charge on any atom is 0.206 e. The van der Waals surface area contributed by atoms with E-state index in [-0.39, 0.29) is 0 Å². The number of hydrogen-bond donors (Lipinski definition) is 2. The maximum absolute atomic E-state index is 11.2. The fraction of sp³-hybridized carbons (Fsp3) is 0.250. The van der Waals surface area contributed by atoms with Crippen LogP contribution in [0, 0.1) is 0 Å². The lowest BCUT2D eigenvalue weighted by Crippen LogP contribution is -2.39. The zero-order chi connectivity index (χ0) is 21.0. The Bertz CT molecular complexity index is 953. The number of fused-ring (bicyclic) bond motifs is 1. The van der Waals surface area contributed by atoms with Gasteiger partial charge in [-0.25, -0.2) is 4.31 Å². The fourth-order valence-corrected chi connectivity index (χ4v) is 5.59. The van der Waals surface area contributed by atoms with Gasteiger partial charge in [-0.05, 0) is 49.8 Å². The SMILES string of the molecule is CN(CCCC1Oc2ccccc2N(c2ccccc2)S1(O)O)Cc1ccccc1. The number of ether oxygens (including phenoxy) is 1. The van der Waals surface area contributed by atoms with Crippen molar-refractivity contribution in [3.63, 3.8) is 0 Å². The average Bonchev–Trinajstić information content (AvgIpc) is 2.75. The molecule has 1 heterocycles. The molecule has 0 saturated carbocycles. The number of para-hydroxylation sites is 3. The maximum atomic E-state index is 11.2. The van der Waals surface area contributed by atoms with Gasteiger partial charge in [0.1, 0.15) is 11.4 Å². The third-order valence-corrected chi connectivity index (χ3v) is 7.21. The van der Waals surface area contributed by atoms with Gasteiger partial charge in [0.15, 0.2) is 0 Å². The van der Waals surface area contributed by atoms with Crippen LogP contribution in [0.5, 0.6) is 5.75 Å². The summed E-state index contributed by atoms with van der Waals surface area (Å²) in [6.45, 7) is 1.71. The largest absolute Gasteiger partial charge is 0.467 e. The Morgan fingerprint density at radius 2 is 1.53 bits per heavy atom. The second-order valence-corrected chi connectivity index (χ2v) is 9.59. The Balaban J connectivity index is 1.47. The first-order chi connectivity index (χ1) is 14.6. The Kier molecular flexibility index (Phi) is 6.29. The molecule has 0 fully saturated rings. The van der Waals surface area contributed by atoms with Crippen molar-refractivity contribution in [3.8, 4) is 5.75 Å². The predicted molar refractivity (Wildman–Crippen MR) is 124 cm³/mol. The molecule has 4 rings (SSSR count). The van der Waals surface area contributed by atoms with Crippen molar-refractivity contribution >= 4 is 22.2 Å². The van der Waals surface area contributed by atoms with Crippen LogP contribution in [0.1, 0.15) is 18.4 Å². The molecule has 5 nitrogen and oxygen atoms in total. The number of rotatable bonds is 7. The van der Waals surface area contributed by atoms with E-state index >= 15 is 0 Å². The lowest BCUT2D eigenvalue weighted by atomic mass is 10.2. The third kappa shape index (κ3) is 4.47. The highest BCUT2D eigenvalue weighted by Gasteiger charge is 2.40. The van der Waals surface area contributed by atoms with Crippen molar-refractivity contribution in [2.45, 2.75) is 24.8 Å². The minimum atomic E-state index is -3.20. The molecule has 1 unspecified atom stereocenters. The predicted octanol–water partition coefficient (Wildman–Crippen LogP) is 6.12. The van der Waals surface area contributed by atoms with Gasteiger partial charge in [-0.3, -0.25) is 9.11 Å². The normalized spacial score (nSPS) is 18.5. The molecule has 3 aromatic rings. The molecule has 0 bridgehead atoms. The van der Waals surface area contributed by atoms with Crippen molar-refractivity contribution in [2.24, 2.45) is 0 Å². The van der Waals surface area contributed by atoms with E-state index in [1.807, 2.05) is 72.8 Å². The summed E-state index contributed by atoms with van der Waals surface area (Å²) in [6, 6.07) is 27.4. The summed E-state index contributed by atoms with van der Waals surface area (Å²) in [5, 5.41) is 0. The summed E-state index contributed by atoms with van der Waals surface area (Å²) in [4.78, 5) is 2.24. The lowest BCUT2D eigenvalue weighted by molar-refractivity contribution is 0.223. The number of anilines is 2. The number of hydrogen-bond acceptors (Lipinski definition) is 5. The number of benzene rings is 3. The summed E-state index contributed by atoms with van der Waals surface area (Å²) in [5.74, 6) is 0.676. The fourth-order valence-electron chi connectivity index (χ4n) is 3.77. The van der Waals surface area contributed by atoms with Crippen molar-refractivity contribution in [3.05, 3.63) is 90.5 Å². The first-order valence-electron chi connectivity index (χ1n) is 10.2. The van der Waals surface area contributed by atoms with Gasteiger partial charge in [-0.1, -0.05) is 71.4 Å². The minimum absolute atomic E-state index is 0.555. The van der Waals surface area contributed by atoms with E-state index in [4.69, 9.17) is 4.74 Å². The zero-order valence-corrected chi connectivity index (χ0v) is 17.9. The van der Waals surface area contributed by atoms with Gasteiger partial charge in [0, 0.05) is 13.0 Å². The van der Waals surface area contributed by atoms with Gasteiger partial charge < -0.3 is 9.64 Å². The Hall–Kier alpha value is -2.51. The molecule has 6 heteroatoms. The highest BCUT2D eigenvalue weighted by molar-refractivity contribution is 8.26. The molecule has 1 aliphatic heterocycles. The van der Waals surface area contributed by atoms with Gasteiger partial charge in [-0.2, -0.15) is 0 Å². The van der Waals surface area contributed by atoms with E-state index in [2.05, 4.69) is 24.1 Å². The zero-order valence-electron chi connectivity index (χ0n) is 17.1. The molecule has 2 N–H and O–H groups in total. The van der Waals surface area contributed by atoms with Gasteiger partial charge >= 0.3 is 0 Å². The van der Waals surface area contributed by atoms with Crippen LogP contribution in [-0.2, 0) is 6.54 Å². The van der Waals surface area contributed by atoms with Crippen LogP contribution >= 0.6 is 10.8 Å². The molecule has 0 aromatic heterocycles. The summed E-state index contributed by atoms with van der Waals surface area (Å²) in [6.07, 6.45) is 1.35. The van der Waals surface area contributed by atoms with Crippen LogP contribution in [0.3, 0.4) is 0 Å². The Labute approximate surface area is 180 Å². The van der Waals surface area contributed by atoms with Gasteiger partial charge in [0.2, 0.25) is 5.44 Å². The van der Waals surface area contributed by atoms with Gasteiger partial charge in [-0.15, -0.1) is 0 Å². The van der Waals surface area contributed by atoms with Crippen LogP contribution in [0.25, 0.3) is 0 Å². The molecular weight excluding hydrogens is 396 g/mol. The minimum Gasteiger partial charge on any atom is -0.467 e. The van der Waals surface area contributed by atoms with Crippen molar-refractivity contribution in [1.29, 1.82) is 0 Å². The second kappa shape index (κ2) is 9.10. The molecule has 3 aromatic carbocycles. The summed E-state index contributed by atoms with van der Waals surface area (Å²) in [5.41, 5.74) is 2.01. The number of nitrogens with zero attached hydrogens (tertiary/aromatic N) is 2. The van der Waals surface area contributed by atoms with E-state index in [1.165, 1.54) is 5.56 Å². The van der Waals surface area contributed by atoms with E-state index in [1.54, 1.807) is 4.31 Å².